The van der Waals surface area contributed by atoms with E-state index >= 15 is 0 Å². The molecule has 0 bridgehead atoms. The minimum atomic E-state index is -3.66. The van der Waals surface area contributed by atoms with Crippen molar-refractivity contribution in [3.8, 4) is 11.5 Å². The number of nitrogens with zero attached hydrogens (tertiary/aromatic N) is 1. The summed E-state index contributed by atoms with van der Waals surface area (Å²) in [7, 11) is -3.66. The Hall–Kier alpha value is -4.10. The number of amides is 1. The molecule has 4 aromatic carbocycles. The third-order valence-electron chi connectivity index (χ3n) is 6.70. The van der Waals surface area contributed by atoms with Crippen LogP contribution in [0.4, 0.5) is 11.4 Å². The van der Waals surface area contributed by atoms with Crippen LogP contribution in [0.25, 0.3) is 0 Å². The number of hydrogen-bond acceptors (Lipinski definition) is 4. The maximum atomic E-state index is 13.6. The van der Waals surface area contributed by atoms with Crippen LogP contribution in [0.5, 0.6) is 11.5 Å². The minimum Gasteiger partial charge on any atom is -0.457 e. The monoisotopic (exact) mass is 496 g/mol. The van der Waals surface area contributed by atoms with Crippen molar-refractivity contribution in [2.45, 2.75) is 23.7 Å². The maximum absolute atomic E-state index is 13.6. The Morgan fingerprint density at radius 1 is 0.833 bits per heavy atom. The Kier molecular flexibility index (Phi) is 5.49. The number of ether oxygens (including phenoxy) is 1. The first-order valence-electron chi connectivity index (χ1n) is 11.9. The van der Waals surface area contributed by atoms with Crippen LogP contribution in [0.15, 0.2) is 102 Å². The van der Waals surface area contributed by atoms with Crippen molar-refractivity contribution < 1.29 is 17.9 Å². The third-order valence-corrected chi connectivity index (χ3v) is 8.52. The number of nitrogens with one attached hydrogen (secondary N) is 1. The van der Waals surface area contributed by atoms with E-state index in [2.05, 4.69) is 5.32 Å². The number of benzene rings is 4. The number of sulfonamides is 1. The van der Waals surface area contributed by atoms with Gasteiger partial charge in [0.1, 0.15) is 11.5 Å². The highest BCUT2D eigenvalue weighted by Gasteiger charge is 2.33. The van der Waals surface area contributed by atoms with Crippen LogP contribution >= 0.6 is 0 Å². The molecule has 0 fully saturated rings. The molecule has 0 spiro atoms. The van der Waals surface area contributed by atoms with Crippen LogP contribution in [-0.2, 0) is 21.2 Å². The van der Waals surface area contributed by atoms with E-state index in [1.54, 1.807) is 42.5 Å². The number of anilines is 2. The largest absolute Gasteiger partial charge is 0.457 e. The van der Waals surface area contributed by atoms with Gasteiger partial charge in [-0.25, -0.2) is 8.42 Å². The first-order chi connectivity index (χ1) is 17.5. The molecule has 0 saturated carbocycles. The van der Waals surface area contributed by atoms with Gasteiger partial charge in [-0.05, 0) is 60.9 Å². The smallest absolute Gasteiger partial charge is 0.264 e. The number of para-hydroxylation sites is 2. The lowest BCUT2D eigenvalue weighted by Gasteiger charge is -2.31. The molecule has 36 heavy (non-hydrogen) atoms. The van der Waals surface area contributed by atoms with Gasteiger partial charge in [-0.1, -0.05) is 54.6 Å². The summed E-state index contributed by atoms with van der Waals surface area (Å²) in [5.41, 5.74) is 3.81. The number of fused-ring (bicyclic) bond motifs is 3. The van der Waals surface area contributed by atoms with Crippen LogP contribution < -0.4 is 14.4 Å². The second-order valence-corrected chi connectivity index (χ2v) is 10.8. The molecule has 4 aromatic rings. The van der Waals surface area contributed by atoms with Crippen molar-refractivity contribution in [3.05, 3.63) is 114 Å². The summed E-state index contributed by atoms with van der Waals surface area (Å²) in [5.74, 6) is 0.659. The van der Waals surface area contributed by atoms with Crippen molar-refractivity contribution in [2.75, 3.05) is 16.2 Å². The van der Waals surface area contributed by atoms with Gasteiger partial charge >= 0.3 is 0 Å². The lowest BCUT2D eigenvalue weighted by Crippen LogP contribution is -2.35. The molecule has 2 aliphatic heterocycles. The summed E-state index contributed by atoms with van der Waals surface area (Å²) < 4.78 is 34.1. The fourth-order valence-electron chi connectivity index (χ4n) is 5.02. The predicted molar refractivity (Wildman–Crippen MR) is 139 cm³/mol. The van der Waals surface area contributed by atoms with Crippen molar-refractivity contribution >= 4 is 27.3 Å². The Morgan fingerprint density at radius 2 is 1.47 bits per heavy atom. The highest BCUT2D eigenvalue weighted by atomic mass is 32.2. The summed E-state index contributed by atoms with van der Waals surface area (Å²) in [4.78, 5) is 13.9. The van der Waals surface area contributed by atoms with Crippen molar-refractivity contribution in [1.82, 2.24) is 0 Å². The first kappa shape index (κ1) is 22.4. The van der Waals surface area contributed by atoms with Gasteiger partial charge in [0.25, 0.3) is 10.0 Å². The summed E-state index contributed by atoms with van der Waals surface area (Å²) in [6.07, 6.45) is 1.44. The quantitative estimate of drug-likeness (QED) is 0.393. The van der Waals surface area contributed by atoms with Crippen LogP contribution in [0.2, 0.25) is 0 Å². The summed E-state index contributed by atoms with van der Waals surface area (Å²) in [6.45, 7) is 0.422. The summed E-state index contributed by atoms with van der Waals surface area (Å²) >= 11 is 0. The fraction of sp³-hybridized carbons (Fsp3) is 0.138. The summed E-state index contributed by atoms with van der Waals surface area (Å²) in [5, 5.41) is 3.07. The van der Waals surface area contributed by atoms with E-state index in [1.807, 2.05) is 54.6 Å². The van der Waals surface area contributed by atoms with E-state index in [4.69, 9.17) is 4.74 Å². The van der Waals surface area contributed by atoms with Gasteiger partial charge in [0, 0.05) is 23.4 Å². The van der Waals surface area contributed by atoms with E-state index in [1.165, 1.54) is 4.31 Å². The molecular formula is C29H24N2O4S. The lowest BCUT2D eigenvalue weighted by molar-refractivity contribution is -0.116. The summed E-state index contributed by atoms with van der Waals surface area (Å²) in [6, 6.07) is 29.1. The van der Waals surface area contributed by atoms with Gasteiger partial charge in [0.2, 0.25) is 5.91 Å². The molecule has 0 aromatic heterocycles. The van der Waals surface area contributed by atoms with Crippen molar-refractivity contribution in [2.24, 2.45) is 0 Å². The van der Waals surface area contributed by atoms with E-state index in [0.717, 1.165) is 23.1 Å². The molecule has 0 unspecified atom stereocenters. The van der Waals surface area contributed by atoms with E-state index in [9.17, 15) is 13.2 Å². The molecule has 180 valence electrons. The van der Waals surface area contributed by atoms with Crippen molar-refractivity contribution in [3.63, 3.8) is 0 Å². The van der Waals surface area contributed by atoms with Crippen LogP contribution in [0.1, 0.15) is 29.0 Å². The number of aryl methyl sites for hydroxylation is 1. The Balaban J connectivity index is 1.31. The molecule has 6 nitrogen and oxygen atoms in total. The van der Waals surface area contributed by atoms with E-state index in [-0.39, 0.29) is 10.8 Å². The van der Waals surface area contributed by atoms with Crippen molar-refractivity contribution in [1.29, 1.82) is 0 Å². The number of carbonyl (C=O) groups is 1. The Bertz CT molecular complexity index is 1520. The Labute approximate surface area is 210 Å². The normalized spacial score (nSPS) is 14.7. The number of carbonyl (C=O) groups excluding carboxylic acids is 1. The van der Waals surface area contributed by atoms with Gasteiger partial charge in [-0.3, -0.25) is 9.10 Å². The molecule has 0 saturated heterocycles. The van der Waals surface area contributed by atoms with Crippen LogP contribution in [0, 0.1) is 0 Å². The number of rotatable bonds is 4. The van der Waals surface area contributed by atoms with Crippen LogP contribution in [-0.4, -0.2) is 20.9 Å². The molecule has 1 amide bonds. The standard InChI is InChI=1S/C29H24N2O4S/c32-29(28-23-12-4-6-14-26(23)35-27-15-7-5-13-24(27)28)30-21-16-17-25-20(19-21)9-8-18-31(25)36(33,34)22-10-2-1-3-11-22/h1-7,10-17,19,28H,8-9,18H2,(H,30,32). The third kappa shape index (κ3) is 3.82. The van der Waals surface area contributed by atoms with Gasteiger partial charge in [0.15, 0.2) is 0 Å². The SMILES string of the molecule is O=C(Nc1ccc2c(c1)CCCN2S(=O)(=O)c1ccccc1)C1c2ccccc2Oc2ccccc21. The molecular weight excluding hydrogens is 472 g/mol. The van der Waals surface area contributed by atoms with Gasteiger partial charge in [0.05, 0.1) is 16.5 Å². The average Bonchev–Trinajstić information content (AvgIpc) is 2.91. The second kappa shape index (κ2) is 8.84. The highest BCUT2D eigenvalue weighted by molar-refractivity contribution is 7.92. The highest BCUT2D eigenvalue weighted by Crippen LogP contribution is 2.44. The molecule has 1 N–H and O–H groups in total. The zero-order valence-corrected chi connectivity index (χ0v) is 20.2. The zero-order valence-electron chi connectivity index (χ0n) is 19.4. The second-order valence-electron chi connectivity index (χ2n) is 8.94. The van der Waals surface area contributed by atoms with Crippen LogP contribution in [0.3, 0.4) is 0 Å². The van der Waals surface area contributed by atoms with Gasteiger partial charge < -0.3 is 10.1 Å². The molecule has 6 rings (SSSR count). The van der Waals surface area contributed by atoms with Gasteiger partial charge in [-0.15, -0.1) is 0 Å². The molecule has 2 heterocycles. The van der Waals surface area contributed by atoms with Gasteiger partial charge in [-0.2, -0.15) is 0 Å². The Morgan fingerprint density at radius 3 is 2.17 bits per heavy atom. The molecule has 0 aliphatic carbocycles. The molecule has 7 heteroatoms. The van der Waals surface area contributed by atoms with E-state index < -0.39 is 15.9 Å². The maximum Gasteiger partial charge on any atom is 0.264 e. The molecule has 0 atom stereocenters. The zero-order chi connectivity index (χ0) is 24.7. The minimum absolute atomic E-state index is 0.164. The lowest BCUT2D eigenvalue weighted by atomic mass is 9.87. The molecule has 2 aliphatic rings. The fourth-order valence-corrected chi connectivity index (χ4v) is 6.58. The van der Waals surface area contributed by atoms with E-state index in [0.29, 0.717) is 35.8 Å². The average molecular weight is 497 g/mol. The topological polar surface area (TPSA) is 75.7 Å². The first-order valence-corrected chi connectivity index (χ1v) is 13.3. The molecule has 0 radical (unpaired) electrons. The predicted octanol–water partition coefficient (Wildman–Crippen LogP) is 5.70. The number of hydrogen-bond donors (Lipinski definition) is 1.